The van der Waals surface area contributed by atoms with Crippen molar-refractivity contribution in [2.24, 2.45) is 0 Å². The van der Waals surface area contributed by atoms with Gasteiger partial charge in [-0.2, -0.15) is 0 Å². The second-order valence-electron chi connectivity index (χ2n) is 7.62. The van der Waals surface area contributed by atoms with Gasteiger partial charge in [-0.05, 0) is 44.9 Å². The van der Waals surface area contributed by atoms with Gasteiger partial charge < -0.3 is 24.3 Å². The fraction of sp³-hybridized carbons (Fsp3) is 0.571. The van der Waals surface area contributed by atoms with E-state index in [1.807, 2.05) is 11.0 Å². The lowest BCUT2D eigenvalue weighted by Gasteiger charge is -2.42. The Morgan fingerprint density at radius 1 is 1.07 bits per heavy atom. The zero-order chi connectivity index (χ0) is 20.5. The van der Waals surface area contributed by atoms with Crippen LogP contribution in [0.25, 0.3) is 0 Å². The summed E-state index contributed by atoms with van der Waals surface area (Å²) < 4.78 is 5.03. The first kappa shape index (κ1) is 19.5. The number of amides is 3. The number of fused-ring (bicyclic) bond motifs is 2. The fourth-order valence-corrected chi connectivity index (χ4v) is 4.58. The molecule has 3 aliphatic rings. The summed E-state index contributed by atoms with van der Waals surface area (Å²) in [7, 11) is 0. The zero-order valence-electron chi connectivity index (χ0n) is 17.1. The van der Waals surface area contributed by atoms with E-state index in [-0.39, 0.29) is 24.1 Å². The second-order valence-corrected chi connectivity index (χ2v) is 7.62. The summed E-state index contributed by atoms with van der Waals surface area (Å²) in [6.45, 7) is 7.67. The third kappa shape index (κ3) is 3.41. The SMILES string of the molecule is CCOC(=O)N1CCN(C(=O)c2ccc3c(c2)N(CC)C2CCCN2C3=O)CC1. The van der Waals surface area contributed by atoms with Crippen LogP contribution >= 0.6 is 0 Å². The van der Waals surface area contributed by atoms with E-state index in [1.165, 1.54) is 0 Å². The highest BCUT2D eigenvalue weighted by Gasteiger charge is 2.40. The highest BCUT2D eigenvalue weighted by Crippen LogP contribution is 2.36. The number of rotatable bonds is 3. The van der Waals surface area contributed by atoms with E-state index in [4.69, 9.17) is 4.74 Å². The van der Waals surface area contributed by atoms with E-state index in [9.17, 15) is 14.4 Å². The first-order valence-electron chi connectivity index (χ1n) is 10.5. The van der Waals surface area contributed by atoms with Gasteiger partial charge in [0.2, 0.25) is 0 Å². The molecule has 4 rings (SSSR count). The molecule has 0 spiro atoms. The highest BCUT2D eigenvalue weighted by molar-refractivity contribution is 6.04. The third-order valence-electron chi connectivity index (χ3n) is 6.06. The molecule has 8 nitrogen and oxygen atoms in total. The lowest BCUT2D eigenvalue weighted by atomic mass is 10.0. The maximum atomic E-state index is 13.1. The molecule has 0 N–H and O–H groups in total. The van der Waals surface area contributed by atoms with Crippen molar-refractivity contribution in [3.8, 4) is 0 Å². The summed E-state index contributed by atoms with van der Waals surface area (Å²) >= 11 is 0. The molecule has 156 valence electrons. The molecule has 1 aromatic rings. The van der Waals surface area contributed by atoms with Gasteiger partial charge in [0.1, 0.15) is 6.17 Å². The number of ether oxygens (including phenoxy) is 1. The Balaban J connectivity index is 1.51. The van der Waals surface area contributed by atoms with E-state index in [0.717, 1.165) is 31.6 Å². The van der Waals surface area contributed by atoms with E-state index < -0.39 is 0 Å². The molecule has 1 aromatic carbocycles. The van der Waals surface area contributed by atoms with Crippen LogP contribution in [0.5, 0.6) is 0 Å². The summed E-state index contributed by atoms with van der Waals surface area (Å²) in [4.78, 5) is 45.4. The van der Waals surface area contributed by atoms with Crippen LogP contribution in [0.3, 0.4) is 0 Å². The van der Waals surface area contributed by atoms with E-state index in [2.05, 4.69) is 11.8 Å². The Kier molecular flexibility index (Phi) is 5.34. The van der Waals surface area contributed by atoms with Crippen LogP contribution in [0.2, 0.25) is 0 Å². The summed E-state index contributed by atoms with van der Waals surface area (Å²) in [6.07, 6.45) is 1.75. The van der Waals surface area contributed by atoms with Gasteiger partial charge >= 0.3 is 6.09 Å². The Morgan fingerprint density at radius 3 is 2.48 bits per heavy atom. The smallest absolute Gasteiger partial charge is 0.409 e. The molecule has 0 saturated carbocycles. The van der Waals surface area contributed by atoms with Crippen LogP contribution in [-0.2, 0) is 4.74 Å². The molecule has 3 amide bonds. The molecule has 0 aliphatic carbocycles. The Morgan fingerprint density at radius 2 is 1.79 bits per heavy atom. The van der Waals surface area contributed by atoms with Crippen molar-refractivity contribution >= 4 is 23.6 Å². The molecule has 29 heavy (non-hydrogen) atoms. The number of hydrogen-bond acceptors (Lipinski definition) is 5. The minimum Gasteiger partial charge on any atom is -0.450 e. The van der Waals surface area contributed by atoms with Crippen LogP contribution in [0, 0.1) is 0 Å². The van der Waals surface area contributed by atoms with Crippen LogP contribution in [0.15, 0.2) is 18.2 Å². The lowest BCUT2D eigenvalue weighted by molar-refractivity contribution is 0.0570. The standard InChI is InChI=1S/C21H28N4O4/c1-3-24-17-14-15(7-8-16(17)20(27)25-9-5-6-18(24)25)19(26)22-10-12-23(13-11-22)21(28)29-4-2/h7-8,14,18H,3-6,9-13H2,1-2H3. The number of carbonyl (C=O) groups is 3. The van der Waals surface area contributed by atoms with E-state index in [0.29, 0.717) is 43.9 Å². The van der Waals surface area contributed by atoms with Crippen molar-refractivity contribution in [2.75, 3.05) is 50.8 Å². The van der Waals surface area contributed by atoms with Gasteiger partial charge in [-0.3, -0.25) is 9.59 Å². The molecular formula is C21H28N4O4. The molecule has 3 heterocycles. The monoisotopic (exact) mass is 400 g/mol. The zero-order valence-corrected chi connectivity index (χ0v) is 17.1. The quantitative estimate of drug-likeness (QED) is 0.776. The van der Waals surface area contributed by atoms with Crippen molar-refractivity contribution in [3.63, 3.8) is 0 Å². The van der Waals surface area contributed by atoms with Gasteiger partial charge in [0.05, 0.1) is 17.9 Å². The van der Waals surface area contributed by atoms with Gasteiger partial charge in [-0.15, -0.1) is 0 Å². The number of piperazine rings is 1. The maximum absolute atomic E-state index is 13.1. The van der Waals surface area contributed by atoms with Crippen LogP contribution in [0.4, 0.5) is 10.5 Å². The molecule has 0 aromatic heterocycles. The minimum atomic E-state index is -0.327. The van der Waals surface area contributed by atoms with Crippen LogP contribution in [-0.4, -0.2) is 84.6 Å². The molecule has 1 atom stereocenters. The average molecular weight is 400 g/mol. The summed E-state index contributed by atoms with van der Waals surface area (Å²) in [5.41, 5.74) is 2.12. The number of hydrogen-bond donors (Lipinski definition) is 0. The predicted molar refractivity (Wildman–Crippen MR) is 108 cm³/mol. The predicted octanol–water partition coefficient (Wildman–Crippen LogP) is 2.00. The molecule has 1 unspecified atom stereocenters. The largest absolute Gasteiger partial charge is 0.450 e. The topological polar surface area (TPSA) is 73.4 Å². The molecule has 8 heteroatoms. The van der Waals surface area contributed by atoms with E-state index in [1.54, 1.807) is 28.9 Å². The number of carbonyl (C=O) groups excluding carboxylic acids is 3. The van der Waals surface area contributed by atoms with Crippen molar-refractivity contribution < 1.29 is 19.1 Å². The first-order chi connectivity index (χ1) is 14.0. The van der Waals surface area contributed by atoms with Crippen molar-refractivity contribution in [1.82, 2.24) is 14.7 Å². The minimum absolute atomic E-state index is 0.0614. The Bertz CT molecular complexity index is 819. The molecular weight excluding hydrogens is 372 g/mol. The van der Waals surface area contributed by atoms with Crippen molar-refractivity contribution in [1.29, 1.82) is 0 Å². The van der Waals surface area contributed by atoms with Crippen molar-refractivity contribution in [3.05, 3.63) is 29.3 Å². The van der Waals surface area contributed by atoms with Crippen LogP contribution < -0.4 is 4.90 Å². The summed E-state index contributed by atoms with van der Waals surface area (Å²) in [5.74, 6) is 0.00270. The molecule has 0 bridgehead atoms. The molecule has 2 fully saturated rings. The third-order valence-corrected chi connectivity index (χ3v) is 6.06. The summed E-state index contributed by atoms with van der Waals surface area (Å²) in [6, 6.07) is 5.41. The van der Waals surface area contributed by atoms with Crippen molar-refractivity contribution in [2.45, 2.75) is 32.9 Å². The molecule has 0 radical (unpaired) electrons. The average Bonchev–Trinajstić information content (AvgIpc) is 3.23. The normalized spacial score (nSPS) is 21.2. The lowest BCUT2D eigenvalue weighted by Crippen LogP contribution is -2.52. The number of benzene rings is 1. The second kappa shape index (κ2) is 7.93. The van der Waals surface area contributed by atoms with Gasteiger partial charge in [-0.25, -0.2) is 4.79 Å². The maximum Gasteiger partial charge on any atom is 0.409 e. The Labute approximate surface area is 171 Å². The Hall–Kier alpha value is -2.77. The fourth-order valence-electron chi connectivity index (χ4n) is 4.58. The number of anilines is 1. The van der Waals surface area contributed by atoms with Gasteiger partial charge in [0.15, 0.2) is 0 Å². The van der Waals surface area contributed by atoms with Gasteiger partial charge in [-0.1, -0.05) is 0 Å². The summed E-state index contributed by atoms with van der Waals surface area (Å²) in [5, 5.41) is 0. The molecule has 2 saturated heterocycles. The first-order valence-corrected chi connectivity index (χ1v) is 10.5. The van der Waals surface area contributed by atoms with Gasteiger partial charge in [0, 0.05) is 44.8 Å². The van der Waals surface area contributed by atoms with Crippen LogP contribution in [0.1, 0.15) is 47.4 Å². The number of nitrogens with zero attached hydrogens (tertiary/aromatic N) is 4. The van der Waals surface area contributed by atoms with E-state index >= 15 is 0 Å². The molecule has 3 aliphatic heterocycles. The van der Waals surface area contributed by atoms with Gasteiger partial charge in [0.25, 0.3) is 11.8 Å². The highest BCUT2D eigenvalue weighted by atomic mass is 16.6.